The summed E-state index contributed by atoms with van der Waals surface area (Å²) in [7, 11) is -3.22. The molecule has 1 saturated heterocycles. The Bertz CT molecular complexity index is 1370. The van der Waals surface area contributed by atoms with Crippen LogP contribution in [0, 0.1) is 5.92 Å². The monoisotopic (exact) mass is 512 g/mol. The van der Waals surface area contributed by atoms with Crippen LogP contribution in [0.4, 0.5) is 5.95 Å². The van der Waals surface area contributed by atoms with Crippen molar-refractivity contribution in [3.05, 3.63) is 48.4 Å². The molecule has 1 fully saturated rings. The molecule has 5 rings (SSSR count). The van der Waals surface area contributed by atoms with Crippen molar-refractivity contribution < 1.29 is 13.2 Å². The highest BCUT2D eigenvalue weighted by Crippen LogP contribution is 2.30. The zero-order valence-corrected chi connectivity index (χ0v) is 21.6. The number of piperidine rings is 1. The number of hydrogen-bond donors (Lipinski definition) is 0. The first kappa shape index (κ1) is 23.7. The summed E-state index contributed by atoms with van der Waals surface area (Å²) in [6, 6.07) is 6.72. The summed E-state index contributed by atoms with van der Waals surface area (Å²) in [6.07, 6.45) is 9.86. The molecule has 1 unspecified atom stereocenters. The number of imidazole rings is 1. The lowest BCUT2D eigenvalue weighted by molar-refractivity contribution is 0.131. The van der Waals surface area contributed by atoms with Gasteiger partial charge in [-0.25, -0.2) is 27.9 Å². The van der Waals surface area contributed by atoms with Gasteiger partial charge in [0.25, 0.3) is 5.19 Å². The molecular formula is C24H28N6O3S2. The predicted molar refractivity (Wildman–Crippen MR) is 136 cm³/mol. The number of aryl methyl sites for hydroxylation is 1. The Morgan fingerprint density at radius 3 is 2.43 bits per heavy atom. The van der Waals surface area contributed by atoms with Crippen molar-refractivity contribution >= 4 is 32.1 Å². The molecule has 0 N–H and O–H groups in total. The highest BCUT2D eigenvalue weighted by molar-refractivity contribution is 7.90. The normalized spacial score (nSPS) is 16.0. The third kappa shape index (κ3) is 5.15. The number of hydrogen-bond acceptors (Lipinski definition) is 9. The van der Waals surface area contributed by atoms with Crippen LogP contribution < -0.4 is 9.64 Å². The summed E-state index contributed by atoms with van der Waals surface area (Å²) in [5.74, 6) is 1.23. The molecular weight excluding hydrogens is 484 g/mol. The van der Waals surface area contributed by atoms with E-state index in [0.29, 0.717) is 11.1 Å². The van der Waals surface area contributed by atoms with Gasteiger partial charge in [0.1, 0.15) is 6.10 Å². The van der Waals surface area contributed by atoms with Crippen LogP contribution in [-0.2, 0) is 16.3 Å². The van der Waals surface area contributed by atoms with Crippen LogP contribution in [0.3, 0.4) is 0 Å². The average molecular weight is 513 g/mol. The molecule has 0 bridgehead atoms. The minimum absolute atomic E-state index is 0.0411. The molecule has 0 spiro atoms. The molecule has 0 saturated carbocycles. The van der Waals surface area contributed by atoms with E-state index in [0.717, 1.165) is 60.1 Å². The van der Waals surface area contributed by atoms with E-state index < -0.39 is 9.84 Å². The number of fused-ring (bicyclic) bond motifs is 1. The smallest absolute Gasteiger partial charge is 0.294 e. The van der Waals surface area contributed by atoms with Gasteiger partial charge in [0.2, 0.25) is 10.9 Å². The van der Waals surface area contributed by atoms with Gasteiger partial charge in [-0.2, -0.15) is 0 Å². The SMILES string of the molecule is CCc1cnc(N2CCC(C(C)Oc3nn4cc(-c5ccc(S(C)(=O)=O)cc5)nc4s3)CC2)nc1. The van der Waals surface area contributed by atoms with Gasteiger partial charge < -0.3 is 9.64 Å². The first-order valence-electron chi connectivity index (χ1n) is 11.7. The van der Waals surface area contributed by atoms with Crippen LogP contribution >= 0.6 is 11.3 Å². The zero-order valence-electron chi connectivity index (χ0n) is 20.0. The number of ether oxygens (including phenoxy) is 1. The number of sulfone groups is 1. The molecule has 184 valence electrons. The van der Waals surface area contributed by atoms with E-state index in [1.54, 1.807) is 28.8 Å². The second-order valence-electron chi connectivity index (χ2n) is 8.91. The minimum atomic E-state index is -3.22. The summed E-state index contributed by atoms with van der Waals surface area (Å²) in [5.41, 5.74) is 2.73. The molecule has 1 atom stereocenters. The van der Waals surface area contributed by atoms with Crippen molar-refractivity contribution in [3.8, 4) is 16.5 Å². The van der Waals surface area contributed by atoms with Crippen LogP contribution in [0.2, 0.25) is 0 Å². The predicted octanol–water partition coefficient (Wildman–Crippen LogP) is 3.90. The quantitative estimate of drug-likeness (QED) is 0.367. The number of rotatable bonds is 7. The first-order valence-corrected chi connectivity index (χ1v) is 14.4. The maximum absolute atomic E-state index is 11.7. The van der Waals surface area contributed by atoms with Gasteiger partial charge in [-0.1, -0.05) is 19.1 Å². The Kier molecular flexibility index (Phi) is 6.45. The third-order valence-electron chi connectivity index (χ3n) is 6.48. The summed E-state index contributed by atoms with van der Waals surface area (Å²) < 4.78 is 31.3. The van der Waals surface area contributed by atoms with E-state index in [2.05, 4.69) is 38.8 Å². The Morgan fingerprint density at radius 2 is 1.83 bits per heavy atom. The molecule has 11 heteroatoms. The maximum atomic E-state index is 11.7. The fourth-order valence-corrected chi connectivity index (χ4v) is 5.71. The third-order valence-corrected chi connectivity index (χ3v) is 8.42. The van der Waals surface area contributed by atoms with Crippen molar-refractivity contribution in [2.75, 3.05) is 24.2 Å². The molecule has 0 amide bonds. The van der Waals surface area contributed by atoms with E-state index in [4.69, 9.17) is 4.74 Å². The molecule has 1 aliphatic heterocycles. The van der Waals surface area contributed by atoms with Gasteiger partial charge in [0, 0.05) is 37.3 Å². The van der Waals surface area contributed by atoms with Gasteiger partial charge >= 0.3 is 0 Å². The van der Waals surface area contributed by atoms with Crippen molar-refractivity contribution in [1.82, 2.24) is 24.6 Å². The summed E-state index contributed by atoms with van der Waals surface area (Å²) in [4.78, 5) is 16.9. The van der Waals surface area contributed by atoms with Gasteiger partial charge in [-0.3, -0.25) is 0 Å². The fourth-order valence-electron chi connectivity index (χ4n) is 4.26. The van der Waals surface area contributed by atoms with Crippen molar-refractivity contribution in [3.63, 3.8) is 0 Å². The Hall–Kier alpha value is -3.05. The Labute approximate surface area is 208 Å². The van der Waals surface area contributed by atoms with Gasteiger partial charge in [0.05, 0.1) is 16.8 Å². The molecule has 0 aliphatic carbocycles. The van der Waals surface area contributed by atoms with E-state index in [1.165, 1.54) is 17.6 Å². The second-order valence-corrected chi connectivity index (χ2v) is 11.8. The van der Waals surface area contributed by atoms with E-state index in [9.17, 15) is 8.42 Å². The fraction of sp³-hybridized carbons (Fsp3) is 0.417. The van der Waals surface area contributed by atoms with Crippen LogP contribution in [0.15, 0.2) is 47.8 Å². The molecule has 1 aromatic carbocycles. The van der Waals surface area contributed by atoms with Crippen molar-refractivity contribution in [1.29, 1.82) is 0 Å². The van der Waals surface area contributed by atoms with Crippen LogP contribution in [0.1, 0.15) is 32.3 Å². The molecule has 35 heavy (non-hydrogen) atoms. The van der Waals surface area contributed by atoms with Gasteiger partial charge in [0.15, 0.2) is 9.84 Å². The Balaban J connectivity index is 1.19. The Morgan fingerprint density at radius 1 is 1.14 bits per heavy atom. The number of benzene rings is 1. The molecule has 1 aliphatic rings. The van der Waals surface area contributed by atoms with Crippen LogP contribution in [-0.4, -0.2) is 58.4 Å². The molecule has 3 aromatic heterocycles. The van der Waals surface area contributed by atoms with E-state index in [1.807, 2.05) is 18.6 Å². The second kappa shape index (κ2) is 9.54. The van der Waals surface area contributed by atoms with Crippen LogP contribution in [0.25, 0.3) is 16.2 Å². The lowest BCUT2D eigenvalue weighted by Crippen LogP contribution is -2.39. The highest BCUT2D eigenvalue weighted by Gasteiger charge is 2.27. The van der Waals surface area contributed by atoms with Gasteiger partial charge in [-0.15, -0.1) is 5.10 Å². The number of aromatic nitrogens is 5. The summed E-state index contributed by atoms with van der Waals surface area (Å²) >= 11 is 1.41. The first-order chi connectivity index (χ1) is 16.8. The topological polar surface area (TPSA) is 103 Å². The number of nitrogens with zero attached hydrogens (tertiary/aromatic N) is 6. The molecule has 0 radical (unpaired) electrons. The van der Waals surface area contributed by atoms with Crippen molar-refractivity contribution in [2.45, 2.75) is 44.1 Å². The maximum Gasteiger partial charge on any atom is 0.294 e. The van der Waals surface area contributed by atoms with E-state index in [-0.39, 0.29) is 11.0 Å². The average Bonchev–Trinajstić information content (AvgIpc) is 3.42. The van der Waals surface area contributed by atoms with E-state index >= 15 is 0 Å². The van der Waals surface area contributed by atoms with Gasteiger partial charge in [-0.05, 0) is 61.1 Å². The number of anilines is 1. The lowest BCUT2D eigenvalue weighted by Gasteiger charge is -2.34. The van der Waals surface area contributed by atoms with Crippen molar-refractivity contribution in [2.24, 2.45) is 5.92 Å². The zero-order chi connectivity index (χ0) is 24.6. The summed E-state index contributed by atoms with van der Waals surface area (Å²) in [5, 5.41) is 5.15. The highest BCUT2D eigenvalue weighted by atomic mass is 32.2. The molecule has 4 aromatic rings. The molecule has 9 nitrogen and oxygen atoms in total. The largest absolute Gasteiger partial charge is 0.466 e. The molecule has 4 heterocycles. The van der Waals surface area contributed by atoms with Crippen LogP contribution in [0.5, 0.6) is 5.19 Å². The standard InChI is InChI=1S/C24H28N6O3S2/c1-4-17-13-25-22(26-14-17)29-11-9-18(10-12-29)16(2)33-24-28-30-15-21(27-23(30)34-24)19-5-7-20(8-6-19)35(3,31)32/h5-8,13-16,18H,4,9-12H2,1-3H3. The summed E-state index contributed by atoms with van der Waals surface area (Å²) in [6.45, 7) is 6.02. The lowest BCUT2D eigenvalue weighted by atomic mass is 9.92. The minimum Gasteiger partial charge on any atom is -0.466 e.